The van der Waals surface area contributed by atoms with Gasteiger partial charge >= 0.3 is 6.09 Å². The van der Waals surface area contributed by atoms with Crippen LogP contribution in [0.2, 0.25) is 0 Å². The number of carbonyl (C=O) groups is 2. The third kappa shape index (κ3) is 2.77. The summed E-state index contributed by atoms with van der Waals surface area (Å²) in [6.07, 6.45) is 1.32. The van der Waals surface area contributed by atoms with Crippen molar-refractivity contribution in [2.75, 3.05) is 29.5 Å². The molecule has 6 nitrogen and oxygen atoms in total. The van der Waals surface area contributed by atoms with Crippen molar-refractivity contribution in [3.63, 3.8) is 0 Å². The number of amides is 1. The average Bonchev–Trinajstić information content (AvgIpc) is 2.92. The summed E-state index contributed by atoms with van der Waals surface area (Å²) in [5, 5.41) is 8.99. The van der Waals surface area contributed by atoms with E-state index in [0.717, 1.165) is 4.90 Å². The van der Waals surface area contributed by atoms with E-state index in [-0.39, 0.29) is 36.7 Å². The smallest absolute Gasteiger partial charge is 0.414 e. The lowest BCUT2D eigenvalue weighted by molar-refractivity contribution is -0.114. The number of aliphatic hydroxyl groups is 1. The zero-order valence-electron chi connectivity index (χ0n) is 12.0. The SMILES string of the molecule is O=C1C=CN(c2ccc(N3C[C@H](CO)OC3=O)c(F)c2F)CC1. The average molecular weight is 324 g/mol. The number of halogens is 2. The maximum atomic E-state index is 14.3. The van der Waals surface area contributed by atoms with Crippen LogP contribution in [-0.4, -0.2) is 42.8 Å². The first-order valence-electron chi connectivity index (χ1n) is 7.06. The second-order valence-corrected chi connectivity index (χ2v) is 5.26. The Morgan fingerprint density at radius 3 is 2.52 bits per heavy atom. The molecule has 0 unspecified atom stereocenters. The number of rotatable bonds is 3. The zero-order valence-corrected chi connectivity index (χ0v) is 12.0. The van der Waals surface area contributed by atoms with Crippen LogP contribution >= 0.6 is 0 Å². The van der Waals surface area contributed by atoms with Gasteiger partial charge in [0.2, 0.25) is 0 Å². The summed E-state index contributed by atoms with van der Waals surface area (Å²) in [4.78, 5) is 25.2. The van der Waals surface area contributed by atoms with E-state index in [4.69, 9.17) is 9.84 Å². The first kappa shape index (κ1) is 15.4. The van der Waals surface area contributed by atoms with Gasteiger partial charge in [-0.1, -0.05) is 0 Å². The Morgan fingerprint density at radius 1 is 1.22 bits per heavy atom. The molecule has 1 atom stereocenters. The Hall–Kier alpha value is -2.48. The van der Waals surface area contributed by atoms with E-state index in [9.17, 15) is 18.4 Å². The van der Waals surface area contributed by atoms with E-state index in [1.807, 2.05) is 0 Å². The molecule has 1 aromatic carbocycles. The third-order valence-electron chi connectivity index (χ3n) is 3.76. The van der Waals surface area contributed by atoms with Crippen molar-refractivity contribution in [1.29, 1.82) is 0 Å². The zero-order chi connectivity index (χ0) is 16.6. The van der Waals surface area contributed by atoms with Crippen molar-refractivity contribution in [2.24, 2.45) is 0 Å². The summed E-state index contributed by atoms with van der Waals surface area (Å²) in [6.45, 7) is -0.191. The predicted octanol–water partition coefficient (Wildman–Crippen LogP) is 1.58. The number of allylic oxidation sites excluding steroid dienone is 1. The first-order chi connectivity index (χ1) is 11.0. The lowest BCUT2D eigenvalue weighted by Gasteiger charge is -2.24. The van der Waals surface area contributed by atoms with Gasteiger partial charge in [0, 0.05) is 19.2 Å². The van der Waals surface area contributed by atoms with Crippen molar-refractivity contribution in [1.82, 2.24) is 0 Å². The highest BCUT2D eigenvalue weighted by Gasteiger charge is 2.34. The lowest BCUT2D eigenvalue weighted by atomic mass is 10.1. The Labute approximate surface area is 130 Å². The number of carbonyl (C=O) groups excluding carboxylic acids is 2. The van der Waals surface area contributed by atoms with Gasteiger partial charge in [-0.15, -0.1) is 0 Å². The molecule has 1 N–H and O–H groups in total. The van der Waals surface area contributed by atoms with Crippen LogP contribution in [0.4, 0.5) is 25.0 Å². The van der Waals surface area contributed by atoms with E-state index >= 15 is 0 Å². The second kappa shape index (κ2) is 5.96. The van der Waals surface area contributed by atoms with E-state index in [2.05, 4.69) is 0 Å². The maximum absolute atomic E-state index is 14.3. The van der Waals surface area contributed by atoms with Crippen molar-refractivity contribution in [3.8, 4) is 0 Å². The largest absolute Gasteiger partial charge is 0.441 e. The molecular weight excluding hydrogens is 310 g/mol. The number of aliphatic hydroxyl groups excluding tert-OH is 1. The molecule has 1 saturated heterocycles. The molecule has 0 aliphatic carbocycles. The molecule has 0 radical (unpaired) electrons. The Kier molecular flexibility index (Phi) is 3.99. The van der Waals surface area contributed by atoms with E-state index in [0.29, 0.717) is 0 Å². The minimum absolute atomic E-state index is 0.0127. The fourth-order valence-electron chi connectivity index (χ4n) is 2.54. The van der Waals surface area contributed by atoms with Crippen LogP contribution in [0.5, 0.6) is 0 Å². The molecule has 2 heterocycles. The molecule has 2 aliphatic heterocycles. The molecule has 0 spiro atoms. The normalized spacial score (nSPS) is 21.1. The van der Waals surface area contributed by atoms with Crippen molar-refractivity contribution >= 4 is 23.3 Å². The molecule has 23 heavy (non-hydrogen) atoms. The number of cyclic esters (lactones) is 1. The lowest BCUT2D eigenvalue weighted by Crippen LogP contribution is -2.28. The number of ether oxygens (including phenoxy) is 1. The van der Waals surface area contributed by atoms with Gasteiger partial charge < -0.3 is 14.7 Å². The van der Waals surface area contributed by atoms with Crippen LogP contribution in [0.25, 0.3) is 0 Å². The van der Waals surface area contributed by atoms with Crippen LogP contribution in [0.3, 0.4) is 0 Å². The fraction of sp³-hybridized carbons (Fsp3) is 0.333. The van der Waals surface area contributed by atoms with E-state index in [1.165, 1.54) is 29.3 Å². The van der Waals surface area contributed by atoms with Gasteiger partial charge in [0.25, 0.3) is 0 Å². The Bertz CT molecular complexity index is 692. The number of ketones is 1. The molecule has 1 aromatic rings. The number of benzene rings is 1. The van der Waals surface area contributed by atoms with Crippen molar-refractivity contribution < 1.29 is 28.2 Å². The van der Waals surface area contributed by atoms with Gasteiger partial charge in [-0.25, -0.2) is 13.6 Å². The van der Waals surface area contributed by atoms with Gasteiger partial charge in [-0.2, -0.15) is 0 Å². The van der Waals surface area contributed by atoms with Crippen molar-refractivity contribution in [2.45, 2.75) is 12.5 Å². The Balaban J connectivity index is 1.91. The highest BCUT2D eigenvalue weighted by Crippen LogP contribution is 2.32. The molecular formula is C15H14F2N2O4. The van der Waals surface area contributed by atoms with Gasteiger partial charge in [0.15, 0.2) is 17.4 Å². The predicted molar refractivity (Wildman–Crippen MR) is 77.2 cm³/mol. The number of nitrogens with zero attached hydrogens (tertiary/aromatic N) is 2. The van der Waals surface area contributed by atoms with E-state index in [1.54, 1.807) is 0 Å². The van der Waals surface area contributed by atoms with Gasteiger partial charge in [0.1, 0.15) is 6.10 Å². The molecule has 0 aromatic heterocycles. The minimum atomic E-state index is -1.18. The number of anilines is 2. The number of hydrogen-bond acceptors (Lipinski definition) is 5. The molecule has 8 heteroatoms. The highest BCUT2D eigenvalue weighted by atomic mass is 19.2. The van der Waals surface area contributed by atoms with Crippen LogP contribution in [0.1, 0.15) is 6.42 Å². The molecule has 122 valence electrons. The quantitative estimate of drug-likeness (QED) is 0.914. The maximum Gasteiger partial charge on any atom is 0.414 e. The monoisotopic (exact) mass is 324 g/mol. The fourth-order valence-corrected chi connectivity index (χ4v) is 2.54. The summed E-state index contributed by atoms with van der Waals surface area (Å²) < 4.78 is 33.5. The summed E-state index contributed by atoms with van der Waals surface area (Å²) >= 11 is 0. The summed E-state index contributed by atoms with van der Waals surface area (Å²) in [5.41, 5.74) is -0.259. The minimum Gasteiger partial charge on any atom is -0.441 e. The molecule has 0 bridgehead atoms. The van der Waals surface area contributed by atoms with Crippen molar-refractivity contribution in [3.05, 3.63) is 36.0 Å². The topological polar surface area (TPSA) is 70.1 Å². The molecule has 0 saturated carbocycles. The highest BCUT2D eigenvalue weighted by molar-refractivity contribution is 5.92. The molecule has 3 rings (SSSR count). The second-order valence-electron chi connectivity index (χ2n) is 5.26. The van der Waals surface area contributed by atoms with Crippen LogP contribution in [0, 0.1) is 11.6 Å². The molecule has 1 amide bonds. The van der Waals surface area contributed by atoms with Crippen LogP contribution in [0.15, 0.2) is 24.4 Å². The first-order valence-corrected chi connectivity index (χ1v) is 7.06. The summed E-state index contributed by atoms with van der Waals surface area (Å²) in [7, 11) is 0. The van der Waals surface area contributed by atoms with Crippen LogP contribution in [-0.2, 0) is 9.53 Å². The standard InChI is InChI=1S/C15H14F2N2O4/c16-13-11(18-5-3-9(21)4-6-18)1-2-12(14(13)17)19-7-10(8-20)23-15(19)22/h1-3,5,10,20H,4,6-8H2/t10-/m1/s1. The number of hydrogen-bond donors (Lipinski definition) is 1. The summed E-state index contributed by atoms with van der Waals surface area (Å²) in [6, 6.07) is 2.62. The van der Waals surface area contributed by atoms with Gasteiger partial charge in [-0.05, 0) is 18.2 Å². The molecule has 1 fully saturated rings. The third-order valence-corrected chi connectivity index (χ3v) is 3.76. The molecule has 2 aliphatic rings. The Morgan fingerprint density at radius 2 is 1.91 bits per heavy atom. The van der Waals surface area contributed by atoms with Crippen LogP contribution < -0.4 is 9.80 Å². The van der Waals surface area contributed by atoms with Gasteiger partial charge in [0.05, 0.1) is 24.5 Å². The van der Waals surface area contributed by atoms with E-state index < -0.39 is 30.4 Å². The summed E-state index contributed by atoms with van der Waals surface area (Å²) in [5.74, 6) is -2.36. The van der Waals surface area contributed by atoms with Gasteiger partial charge in [-0.3, -0.25) is 9.69 Å².